The summed E-state index contributed by atoms with van der Waals surface area (Å²) in [5, 5.41) is 11.4. The third-order valence-electron chi connectivity index (χ3n) is 9.13. The third kappa shape index (κ3) is 5.86. The van der Waals surface area contributed by atoms with Gasteiger partial charge in [0.15, 0.2) is 6.23 Å². The maximum atomic E-state index is 13.6. The maximum absolute atomic E-state index is 13.6. The van der Waals surface area contributed by atoms with Crippen molar-refractivity contribution >= 4 is 29.4 Å². The van der Waals surface area contributed by atoms with E-state index in [4.69, 9.17) is 9.47 Å². The molecule has 9 nitrogen and oxygen atoms in total. The van der Waals surface area contributed by atoms with E-state index in [0.29, 0.717) is 48.8 Å². The van der Waals surface area contributed by atoms with E-state index in [-0.39, 0.29) is 29.9 Å². The van der Waals surface area contributed by atoms with Crippen molar-refractivity contribution in [2.75, 3.05) is 31.2 Å². The van der Waals surface area contributed by atoms with Crippen LogP contribution in [0.15, 0.2) is 52.6 Å². The lowest BCUT2D eigenvalue weighted by Crippen LogP contribution is -2.50. The van der Waals surface area contributed by atoms with Gasteiger partial charge in [0, 0.05) is 37.5 Å². The van der Waals surface area contributed by atoms with Crippen LogP contribution in [0.1, 0.15) is 78.8 Å². The normalized spacial score (nSPS) is 22.0. The quantitative estimate of drug-likeness (QED) is 0.287. The first-order valence-corrected chi connectivity index (χ1v) is 16.1. The molecule has 45 heavy (non-hydrogen) atoms. The molecule has 4 aliphatic rings. The molecule has 0 radical (unpaired) electrons. The number of aryl methyl sites for hydroxylation is 2. The van der Waals surface area contributed by atoms with Gasteiger partial charge in [-0.2, -0.15) is 0 Å². The van der Waals surface area contributed by atoms with E-state index < -0.39 is 6.23 Å². The molecule has 0 aromatic heterocycles. The molecular weight excluding hydrogens is 568 g/mol. The summed E-state index contributed by atoms with van der Waals surface area (Å²) in [5.74, 6) is 1.43. The van der Waals surface area contributed by atoms with Gasteiger partial charge < -0.3 is 29.3 Å². The molecule has 0 saturated carbocycles. The summed E-state index contributed by atoms with van der Waals surface area (Å²) in [4.78, 5) is 36.9. The molecule has 4 heterocycles. The van der Waals surface area contributed by atoms with Crippen LogP contribution in [0.4, 0.5) is 11.4 Å². The standard InChI is InChI=1S/C36H44N4O5/c1-21(2)40-30-17-33(25(6)15-28(30)35(42)39-20-23(4)13-31(39)36(40)43)45-11-9-7-8-10-44-32-16-29-27(14-24(32)5)34(41)38-19-22(3)12-26(38)18-37-29/h12-18,21,26,31,36,43H,7-11,19-20H2,1-6H3/t26-,31-,36?/m0/s1. The molecule has 238 valence electrons. The summed E-state index contributed by atoms with van der Waals surface area (Å²) >= 11 is 0. The van der Waals surface area contributed by atoms with Gasteiger partial charge in [0.25, 0.3) is 11.8 Å². The third-order valence-corrected chi connectivity index (χ3v) is 9.13. The van der Waals surface area contributed by atoms with Crippen molar-refractivity contribution in [2.45, 2.75) is 85.2 Å². The Morgan fingerprint density at radius 3 is 2.11 bits per heavy atom. The molecule has 0 bridgehead atoms. The lowest BCUT2D eigenvalue weighted by molar-refractivity contribution is 0.0556. The van der Waals surface area contributed by atoms with Crippen LogP contribution in [0.25, 0.3) is 0 Å². The number of nitrogens with zero attached hydrogens (tertiary/aromatic N) is 4. The Morgan fingerprint density at radius 2 is 1.42 bits per heavy atom. The molecule has 6 rings (SSSR count). The van der Waals surface area contributed by atoms with Crippen molar-refractivity contribution in [2.24, 2.45) is 4.99 Å². The van der Waals surface area contributed by atoms with Crippen molar-refractivity contribution in [1.82, 2.24) is 9.80 Å². The number of fused-ring (bicyclic) bond motifs is 4. The summed E-state index contributed by atoms with van der Waals surface area (Å²) in [6, 6.07) is 7.13. The predicted molar refractivity (Wildman–Crippen MR) is 176 cm³/mol. The lowest BCUT2D eigenvalue weighted by atomic mass is 10.0. The Morgan fingerprint density at radius 1 is 0.822 bits per heavy atom. The fraction of sp³-hybridized carbons (Fsp3) is 0.472. The van der Waals surface area contributed by atoms with E-state index in [1.165, 1.54) is 5.57 Å². The number of anilines is 1. The van der Waals surface area contributed by atoms with Crippen molar-refractivity contribution < 1.29 is 24.2 Å². The Hall–Kier alpha value is -4.11. The van der Waals surface area contributed by atoms with Gasteiger partial charge in [-0.25, -0.2) is 0 Å². The largest absolute Gasteiger partial charge is 0.493 e. The highest BCUT2D eigenvalue weighted by molar-refractivity contribution is 6.04. The number of unbranched alkanes of at least 4 members (excludes halogenated alkanes) is 2. The van der Waals surface area contributed by atoms with Crippen molar-refractivity contribution in [3.63, 3.8) is 0 Å². The molecular formula is C36H44N4O5. The highest BCUT2D eigenvalue weighted by atomic mass is 16.5. The topological polar surface area (TPSA) is 94.9 Å². The van der Waals surface area contributed by atoms with Crippen LogP contribution in [0, 0.1) is 13.8 Å². The molecule has 2 aromatic carbocycles. The minimum absolute atomic E-state index is 0.00670. The molecule has 4 aliphatic heterocycles. The maximum Gasteiger partial charge on any atom is 0.257 e. The number of aliphatic hydroxyl groups is 1. The molecule has 1 unspecified atom stereocenters. The van der Waals surface area contributed by atoms with E-state index in [2.05, 4.69) is 11.1 Å². The second-order valence-corrected chi connectivity index (χ2v) is 13.1. The zero-order valence-electron chi connectivity index (χ0n) is 27.2. The number of hydrogen-bond acceptors (Lipinski definition) is 7. The second-order valence-electron chi connectivity index (χ2n) is 13.1. The SMILES string of the molecule is CC1=C[C@H]2C=Nc3cc(OCCCCCOc4cc5c(cc4C)C(=O)N4CC(C)=C[C@H]4C(O)N5C(C)C)c(C)cc3C(=O)N2C1. The molecule has 2 aromatic rings. The monoisotopic (exact) mass is 612 g/mol. The van der Waals surface area contributed by atoms with Gasteiger partial charge in [-0.3, -0.25) is 14.6 Å². The number of aliphatic hydroxyl groups excluding tert-OH is 1. The van der Waals surface area contributed by atoms with Gasteiger partial charge in [0.05, 0.1) is 47.8 Å². The van der Waals surface area contributed by atoms with Crippen LogP contribution in [0.2, 0.25) is 0 Å². The average molecular weight is 613 g/mol. The van der Waals surface area contributed by atoms with E-state index in [0.717, 1.165) is 47.5 Å². The first-order chi connectivity index (χ1) is 21.5. The number of carbonyl (C=O) groups is 2. The van der Waals surface area contributed by atoms with Crippen LogP contribution in [0.5, 0.6) is 11.5 Å². The van der Waals surface area contributed by atoms with E-state index in [1.54, 1.807) is 4.90 Å². The minimum atomic E-state index is -0.836. The Bertz CT molecular complexity index is 1610. The Labute approximate surface area is 265 Å². The predicted octanol–water partition coefficient (Wildman–Crippen LogP) is 5.74. The molecule has 9 heteroatoms. The van der Waals surface area contributed by atoms with Crippen molar-refractivity contribution in [1.29, 1.82) is 0 Å². The van der Waals surface area contributed by atoms with Gasteiger partial charge in [0.2, 0.25) is 0 Å². The van der Waals surface area contributed by atoms with Gasteiger partial charge in [-0.1, -0.05) is 23.3 Å². The summed E-state index contributed by atoms with van der Waals surface area (Å²) in [6.07, 6.45) is 7.72. The van der Waals surface area contributed by atoms with Gasteiger partial charge in [0.1, 0.15) is 11.5 Å². The highest BCUT2D eigenvalue weighted by Crippen LogP contribution is 2.39. The number of benzene rings is 2. The van der Waals surface area contributed by atoms with Crippen LogP contribution in [-0.4, -0.2) is 83.6 Å². The molecule has 0 fully saturated rings. The number of amides is 2. The van der Waals surface area contributed by atoms with Gasteiger partial charge in [-0.15, -0.1) is 0 Å². The van der Waals surface area contributed by atoms with Gasteiger partial charge >= 0.3 is 0 Å². The van der Waals surface area contributed by atoms with Crippen LogP contribution in [-0.2, 0) is 0 Å². The van der Waals surface area contributed by atoms with Crippen molar-refractivity contribution in [3.8, 4) is 11.5 Å². The second kappa shape index (κ2) is 12.4. The fourth-order valence-corrected chi connectivity index (χ4v) is 6.83. The number of rotatable bonds is 9. The summed E-state index contributed by atoms with van der Waals surface area (Å²) in [5.41, 5.74) is 6.69. The molecule has 0 spiro atoms. The van der Waals surface area contributed by atoms with E-state index >= 15 is 0 Å². The number of aliphatic imine (C=N–C) groups is 1. The van der Waals surface area contributed by atoms with Gasteiger partial charge in [-0.05, 0) is 84.1 Å². The molecule has 3 atom stereocenters. The highest BCUT2D eigenvalue weighted by Gasteiger charge is 2.42. The Balaban J connectivity index is 1.04. The summed E-state index contributed by atoms with van der Waals surface area (Å²) in [7, 11) is 0. The van der Waals surface area contributed by atoms with Crippen LogP contribution in [0.3, 0.4) is 0 Å². The fourth-order valence-electron chi connectivity index (χ4n) is 6.83. The Kier molecular flexibility index (Phi) is 8.48. The van der Waals surface area contributed by atoms with Crippen LogP contribution < -0.4 is 14.4 Å². The van der Waals surface area contributed by atoms with E-state index in [9.17, 15) is 14.7 Å². The number of carbonyl (C=O) groups excluding carboxylic acids is 2. The smallest absolute Gasteiger partial charge is 0.257 e. The summed E-state index contributed by atoms with van der Waals surface area (Å²) < 4.78 is 12.3. The molecule has 1 N–H and O–H groups in total. The molecule has 0 aliphatic carbocycles. The zero-order valence-corrected chi connectivity index (χ0v) is 27.2. The van der Waals surface area contributed by atoms with Crippen molar-refractivity contribution in [3.05, 3.63) is 69.8 Å². The first-order valence-electron chi connectivity index (χ1n) is 16.1. The summed E-state index contributed by atoms with van der Waals surface area (Å²) in [6.45, 7) is 14.3. The van der Waals surface area contributed by atoms with Crippen LogP contribution >= 0.6 is 0 Å². The minimum Gasteiger partial charge on any atom is -0.493 e. The number of ether oxygens (including phenoxy) is 2. The molecule has 2 amide bonds. The first kappa shape index (κ1) is 30.9. The number of hydrogen-bond donors (Lipinski definition) is 1. The lowest BCUT2D eigenvalue weighted by Gasteiger charge is -2.36. The van der Waals surface area contributed by atoms with E-state index in [1.807, 2.05) is 87.9 Å². The molecule has 0 saturated heterocycles. The average Bonchev–Trinajstić information content (AvgIpc) is 3.53. The zero-order chi connectivity index (χ0) is 32.0.